The molecule has 0 aliphatic heterocycles. The molecule has 0 rings (SSSR count). The van der Waals surface area contributed by atoms with Crippen molar-refractivity contribution in [2.75, 3.05) is 13.2 Å². The number of aliphatic imine (C=N–C) groups is 1. The van der Waals surface area contributed by atoms with Crippen molar-refractivity contribution in [1.82, 2.24) is 5.32 Å². The van der Waals surface area contributed by atoms with E-state index in [4.69, 9.17) is 16.2 Å². The van der Waals surface area contributed by atoms with E-state index in [0.717, 1.165) is 44.9 Å². The third kappa shape index (κ3) is 16.0. The Labute approximate surface area is 164 Å². The quantitative estimate of drug-likeness (QED) is 0.171. The normalized spacial score (nSPS) is 11.2. The summed E-state index contributed by atoms with van der Waals surface area (Å²) in [4.78, 5) is 28.1. The van der Waals surface area contributed by atoms with Gasteiger partial charge in [0, 0.05) is 13.0 Å². The lowest BCUT2D eigenvalue weighted by molar-refractivity contribution is -0.148. The number of unbranched alkanes of at least 4 members (excludes halogenated alkanes) is 5. The Morgan fingerprint density at radius 1 is 1.00 bits per heavy atom. The molecular formula is C18H37ClN4O3. The monoisotopic (exact) mass is 392 g/mol. The van der Waals surface area contributed by atoms with Crippen molar-refractivity contribution < 1.29 is 14.3 Å². The molecule has 1 amide bonds. The van der Waals surface area contributed by atoms with E-state index >= 15 is 0 Å². The van der Waals surface area contributed by atoms with Crippen LogP contribution in [-0.2, 0) is 14.3 Å². The highest BCUT2D eigenvalue weighted by molar-refractivity contribution is 5.85. The minimum absolute atomic E-state index is 0. The number of esters is 1. The van der Waals surface area contributed by atoms with Gasteiger partial charge in [-0.3, -0.25) is 9.79 Å². The third-order valence-corrected chi connectivity index (χ3v) is 3.81. The number of rotatable bonds is 15. The molecule has 0 spiro atoms. The lowest BCUT2D eigenvalue weighted by Crippen LogP contribution is -2.42. The first-order valence-electron chi connectivity index (χ1n) is 9.52. The van der Waals surface area contributed by atoms with Crippen LogP contribution >= 0.6 is 12.4 Å². The van der Waals surface area contributed by atoms with Gasteiger partial charge >= 0.3 is 5.97 Å². The van der Waals surface area contributed by atoms with Crippen molar-refractivity contribution in [2.24, 2.45) is 16.5 Å². The predicted octanol–water partition coefficient (Wildman–Crippen LogP) is 2.65. The van der Waals surface area contributed by atoms with Gasteiger partial charge in [-0.15, -0.1) is 12.4 Å². The Hall–Kier alpha value is -1.50. The fourth-order valence-electron chi connectivity index (χ4n) is 2.36. The molecule has 0 aromatic heterocycles. The van der Waals surface area contributed by atoms with Gasteiger partial charge in [-0.05, 0) is 25.7 Å². The molecule has 0 radical (unpaired) electrons. The van der Waals surface area contributed by atoms with Crippen molar-refractivity contribution in [2.45, 2.75) is 84.1 Å². The lowest BCUT2D eigenvalue weighted by atomic mass is 10.1. The molecule has 5 N–H and O–H groups in total. The van der Waals surface area contributed by atoms with Gasteiger partial charge in [0.15, 0.2) is 5.96 Å². The highest BCUT2D eigenvalue weighted by Crippen LogP contribution is 2.06. The molecule has 0 saturated carbocycles. The molecule has 26 heavy (non-hydrogen) atoms. The lowest BCUT2D eigenvalue weighted by Gasteiger charge is -2.17. The van der Waals surface area contributed by atoms with Gasteiger partial charge in [0.05, 0.1) is 6.61 Å². The second-order valence-corrected chi connectivity index (χ2v) is 6.25. The molecule has 0 fully saturated rings. The Balaban J connectivity index is 0. The summed E-state index contributed by atoms with van der Waals surface area (Å²) in [6.07, 6.45) is 8.54. The standard InChI is InChI=1S/C18H36N4O3.ClH/c1-3-5-7-9-14-25-17(24)15(11-10-13-21-18(19)20)22-16(23)12-8-6-4-2;/h15H,3-14H2,1-2H3,(H,22,23)(H4,19,20,21);1H/t15-;/m0./s1. The Bertz CT molecular complexity index is 402. The number of hydrogen-bond acceptors (Lipinski definition) is 4. The number of ether oxygens (including phenoxy) is 1. The largest absolute Gasteiger partial charge is 0.464 e. The number of carbonyl (C=O) groups excluding carboxylic acids is 2. The molecule has 0 bridgehead atoms. The molecule has 0 heterocycles. The average Bonchev–Trinajstić information content (AvgIpc) is 2.57. The van der Waals surface area contributed by atoms with Crippen LogP contribution in [0.4, 0.5) is 0 Å². The summed E-state index contributed by atoms with van der Waals surface area (Å²) in [5.74, 6) is -0.452. The summed E-state index contributed by atoms with van der Waals surface area (Å²) in [6.45, 7) is 5.04. The van der Waals surface area contributed by atoms with Crippen LogP contribution < -0.4 is 16.8 Å². The van der Waals surface area contributed by atoms with Crippen LogP contribution in [0.2, 0.25) is 0 Å². The number of halogens is 1. The van der Waals surface area contributed by atoms with Gasteiger partial charge in [0.2, 0.25) is 5.91 Å². The van der Waals surface area contributed by atoms with E-state index in [1.54, 1.807) is 0 Å². The number of guanidine groups is 1. The molecular weight excluding hydrogens is 356 g/mol. The Kier molecular flexibility index (Phi) is 18.8. The Morgan fingerprint density at radius 2 is 1.65 bits per heavy atom. The van der Waals surface area contributed by atoms with E-state index in [2.05, 4.69) is 24.2 Å². The second-order valence-electron chi connectivity index (χ2n) is 6.25. The summed E-state index contributed by atoms with van der Waals surface area (Å²) < 4.78 is 5.32. The van der Waals surface area contributed by atoms with Crippen molar-refractivity contribution in [3.05, 3.63) is 0 Å². The highest BCUT2D eigenvalue weighted by Gasteiger charge is 2.21. The van der Waals surface area contributed by atoms with Gasteiger partial charge in [-0.2, -0.15) is 0 Å². The maximum atomic E-state index is 12.2. The maximum absolute atomic E-state index is 12.2. The van der Waals surface area contributed by atoms with E-state index < -0.39 is 6.04 Å². The summed E-state index contributed by atoms with van der Waals surface area (Å²) in [5.41, 5.74) is 10.6. The molecule has 1 atom stereocenters. The number of amides is 1. The van der Waals surface area contributed by atoms with Gasteiger partial charge in [0.25, 0.3) is 0 Å². The zero-order valence-electron chi connectivity index (χ0n) is 16.3. The first kappa shape index (κ1) is 26.7. The molecule has 0 aliphatic rings. The van der Waals surface area contributed by atoms with Gasteiger partial charge in [-0.1, -0.05) is 46.0 Å². The number of hydrogen-bond donors (Lipinski definition) is 3. The molecule has 8 heteroatoms. The highest BCUT2D eigenvalue weighted by atomic mass is 35.5. The van der Waals surface area contributed by atoms with Crippen LogP contribution in [0.25, 0.3) is 0 Å². The van der Waals surface area contributed by atoms with Crippen LogP contribution in [0, 0.1) is 0 Å². The number of nitrogens with zero attached hydrogens (tertiary/aromatic N) is 1. The van der Waals surface area contributed by atoms with E-state index in [-0.39, 0.29) is 30.2 Å². The smallest absolute Gasteiger partial charge is 0.328 e. The summed E-state index contributed by atoms with van der Waals surface area (Å²) in [7, 11) is 0. The van der Waals surface area contributed by atoms with Crippen LogP contribution in [0.3, 0.4) is 0 Å². The molecule has 0 aliphatic carbocycles. The molecule has 0 saturated heterocycles. The van der Waals surface area contributed by atoms with Crippen LogP contribution in [0.5, 0.6) is 0 Å². The molecule has 0 unspecified atom stereocenters. The number of carbonyl (C=O) groups is 2. The average molecular weight is 393 g/mol. The Morgan fingerprint density at radius 3 is 2.27 bits per heavy atom. The van der Waals surface area contributed by atoms with E-state index in [0.29, 0.717) is 32.4 Å². The molecule has 0 aromatic carbocycles. The zero-order chi connectivity index (χ0) is 18.9. The van der Waals surface area contributed by atoms with E-state index in [9.17, 15) is 9.59 Å². The van der Waals surface area contributed by atoms with Crippen molar-refractivity contribution in [3.63, 3.8) is 0 Å². The third-order valence-electron chi connectivity index (χ3n) is 3.81. The van der Waals surface area contributed by atoms with Gasteiger partial charge < -0.3 is 21.5 Å². The first-order valence-corrected chi connectivity index (χ1v) is 9.52. The topological polar surface area (TPSA) is 120 Å². The fraction of sp³-hybridized carbons (Fsp3) is 0.833. The first-order chi connectivity index (χ1) is 12.0. The second kappa shape index (κ2) is 18.3. The zero-order valence-corrected chi connectivity index (χ0v) is 17.1. The number of nitrogens with two attached hydrogens (primary N) is 2. The van der Waals surface area contributed by atoms with E-state index in [1.807, 2.05) is 0 Å². The molecule has 154 valence electrons. The van der Waals surface area contributed by atoms with Crippen LogP contribution in [-0.4, -0.2) is 37.0 Å². The summed E-state index contributed by atoms with van der Waals surface area (Å²) in [6, 6.07) is -0.630. The fourth-order valence-corrected chi connectivity index (χ4v) is 2.36. The SMILES string of the molecule is CCCCCCOC(=O)[C@H](CCCN=C(N)N)NC(=O)CCCCC.Cl. The molecule has 0 aromatic rings. The maximum Gasteiger partial charge on any atom is 0.328 e. The van der Waals surface area contributed by atoms with Crippen molar-refractivity contribution in [3.8, 4) is 0 Å². The van der Waals surface area contributed by atoms with Crippen LogP contribution in [0.15, 0.2) is 4.99 Å². The number of nitrogens with one attached hydrogen (secondary N) is 1. The summed E-state index contributed by atoms with van der Waals surface area (Å²) in [5, 5.41) is 2.79. The minimum atomic E-state index is -0.630. The predicted molar refractivity (Wildman–Crippen MR) is 108 cm³/mol. The van der Waals surface area contributed by atoms with Crippen molar-refractivity contribution in [1.29, 1.82) is 0 Å². The van der Waals surface area contributed by atoms with Crippen molar-refractivity contribution >= 4 is 30.2 Å². The van der Waals surface area contributed by atoms with E-state index in [1.165, 1.54) is 0 Å². The van der Waals surface area contributed by atoms with Gasteiger partial charge in [-0.25, -0.2) is 4.79 Å². The summed E-state index contributed by atoms with van der Waals surface area (Å²) >= 11 is 0. The molecule has 7 nitrogen and oxygen atoms in total. The van der Waals surface area contributed by atoms with Gasteiger partial charge in [0.1, 0.15) is 6.04 Å². The minimum Gasteiger partial charge on any atom is -0.464 e. The van der Waals surface area contributed by atoms with Crippen LogP contribution in [0.1, 0.15) is 78.1 Å².